The Bertz CT molecular complexity index is 1620. The number of phenols is 1. The van der Waals surface area contributed by atoms with Gasteiger partial charge in [0, 0.05) is 54.7 Å². The Kier molecular flexibility index (Phi) is 16.8. The van der Waals surface area contributed by atoms with Gasteiger partial charge in [-0.25, -0.2) is 0 Å². The van der Waals surface area contributed by atoms with Crippen LogP contribution in [-0.4, -0.2) is 111 Å². The van der Waals surface area contributed by atoms with Crippen LogP contribution in [0.25, 0.3) is 0 Å². The first-order valence-corrected chi connectivity index (χ1v) is 16.6. The number of carbonyl (C=O) groups is 2. The van der Waals surface area contributed by atoms with Crippen molar-refractivity contribution in [2.75, 3.05) is 95.0 Å². The Morgan fingerprint density at radius 3 is 1.69 bits per heavy atom. The van der Waals surface area contributed by atoms with E-state index in [4.69, 9.17) is 24.7 Å². The first-order chi connectivity index (χ1) is 25.0. The average Bonchev–Trinajstić information content (AvgIpc) is 3.14. The first kappa shape index (κ1) is 38.4. The predicted octanol–water partition coefficient (Wildman–Crippen LogP) is 2.66. The highest BCUT2D eigenvalue weighted by molar-refractivity contribution is 5.94. The monoisotopic (exact) mass is 703 g/mol. The first-order valence-electron chi connectivity index (χ1n) is 16.6. The lowest BCUT2D eigenvalue weighted by Crippen LogP contribution is -2.27. The summed E-state index contributed by atoms with van der Waals surface area (Å²) in [5, 5.41) is 24.9. The molecule has 0 saturated heterocycles. The van der Waals surface area contributed by atoms with Crippen LogP contribution in [-0.2, 0) is 18.9 Å². The summed E-state index contributed by atoms with van der Waals surface area (Å²) < 4.78 is 21.9. The molecule has 0 saturated carbocycles. The van der Waals surface area contributed by atoms with E-state index in [1.807, 2.05) is 18.2 Å². The molecule has 272 valence electrons. The maximum atomic E-state index is 12.5. The summed E-state index contributed by atoms with van der Waals surface area (Å²) >= 11 is 0. The molecule has 1 heterocycles. The molecular formula is C35H45N9O7. The Labute approximate surface area is 296 Å². The molecule has 0 fully saturated rings. The Morgan fingerprint density at radius 1 is 0.569 bits per heavy atom. The molecule has 0 bridgehead atoms. The third-order valence-corrected chi connectivity index (χ3v) is 6.78. The van der Waals surface area contributed by atoms with Crippen LogP contribution in [0.3, 0.4) is 0 Å². The summed E-state index contributed by atoms with van der Waals surface area (Å²) in [6, 6.07) is 22.4. The van der Waals surface area contributed by atoms with Crippen molar-refractivity contribution in [1.82, 2.24) is 25.6 Å². The molecule has 0 atom stereocenters. The number of nitrogens with two attached hydrogens (primary N) is 1. The summed E-state index contributed by atoms with van der Waals surface area (Å²) in [5.74, 6) is 0.486. The van der Waals surface area contributed by atoms with E-state index in [1.54, 1.807) is 60.7 Å². The van der Waals surface area contributed by atoms with E-state index in [-0.39, 0.29) is 35.4 Å². The van der Waals surface area contributed by atoms with Crippen molar-refractivity contribution in [1.29, 1.82) is 0 Å². The molecule has 51 heavy (non-hydrogen) atoms. The number of rotatable bonds is 24. The number of hydrogen-bond acceptors (Lipinski definition) is 14. The van der Waals surface area contributed by atoms with Gasteiger partial charge in [-0.3, -0.25) is 9.59 Å². The largest absolute Gasteiger partial charge is 0.508 e. The number of ether oxygens (including phenoxy) is 4. The quantitative estimate of drug-likeness (QED) is 0.0523. The van der Waals surface area contributed by atoms with Crippen molar-refractivity contribution in [3.63, 3.8) is 0 Å². The van der Waals surface area contributed by atoms with Crippen LogP contribution >= 0.6 is 0 Å². The number of benzene rings is 3. The maximum absolute atomic E-state index is 12.5. The minimum atomic E-state index is -0.227. The van der Waals surface area contributed by atoms with E-state index in [0.29, 0.717) is 102 Å². The number of aromatic nitrogens is 3. The number of hydrogen-bond donors (Lipinski definition) is 7. The fourth-order valence-electron chi connectivity index (χ4n) is 4.34. The second-order valence-corrected chi connectivity index (χ2v) is 10.7. The molecular weight excluding hydrogens is 658 g/mol. The van der Waals surface area contributed by atoms with Crippen LogP contribution in [0.1, 0.15) is 20.7 Å². The van der Waals surface area contributed by atoms with Crippen molar-refractivity contribution in [2.24, 2.45) is 5.73 Å². The third kappa shape index (κ3) is 14.9. The number of nitrogens with one attached hydrogen (secondary N) is 5. The van der Waals surface area contributed by atoms with Gasteiger partial charge in [-0.15, -0.1) is 0 Å². The fraction of sp³-hybridized carbons (Fsp3) is 0.343. The van der Waals surface area contributed by atoms with E-state index in [9.17, 15) is 14.7 Å². The molecule has 0 aliphatic heterocycles. The average molecular weight is 704 g/mol. The molecule has 0 aliphatic carbocycles. The molecule has 3 aromatic carbocycles. The number of carbonyl (C=O) groups excluding carboxylic acids is 2. The van der Waals surface area contributed by atoms with Gasteiger partial charge >= 0.3 is 0 Å². The summed E-state index contributed by atoms with van der Waals surface area (Å²) in [4.78, 5) is 38.0. The van der Waals surface area contributed by atoms with Gasteiger partial charge in [-0.1, -0.05) is 24.3 Å². The molecule has 2 amide bonds. The van der Waals surface area contributed by atoms with Gasteiger partial charge in [0.05, 0.1) is 52.9 Å². The number of aromatic hydroxyl groups is 1. The van der Waals surface area contributed by atoms with Gasteiger partial charge in [-0.05, 0) is 48.5 Å². The normalized spacial score (nSPS) is 10.8. The van der Waals surface area contributed by atoms with Gasteiger partial charge in [0.15, 0.2) is 0 Å². The van der Waals surface area contributed by atoms with Gasteiger partial charge in [-0.2, -0.15) is 15.0 Å². The lowest BCUT2D eigenvalue weighted by Gasteiger charge is -2.12. The number of anilines is 5. The second-order valence-electron chi connectivity index (χ2n) is 10.7. The second kappa shape index (κ2) is 22.4. The lowest BCUT2D eigenvalue weighted by atomic mass is 10.2. The highest BCUT2D eigenvalue weighted by atomic mass is 16.5. The van der Waals surface area contributed by atoms with Crippen molar-refractivity contribution >= 4 is 41.0 Å². The molecule has 0 unspecified atom stereocenters. The van der Waals surface area contributed by atoms with Gasteiger partial charge in [0.1, 0.15) is 5.75 Å². The van der Waals surface area contributed by atoms with E-state index in [0.717, 1.165) is 0 Å². The standard InChI is InChI=1S/C35H45N9O7/c36-13-17-48-21-22-49-19-15-38-32(47)27-9-11-28(12-10-27)40-34-42-33(43-35(44-34)41-29-7-4-8-30(45)25-29)39-16-20-51-24-23-50-18-14-37-31(46)26-5-2-1-3-6-26/h1-12,25,45H,13-24,36H2,(H,37,46)(H,38,47)(H3,39,40,41,42,43,44). The van der Waals surface area contributed by atoms with E-state index < -0.39 is 0 Å². The third-order valence-electron chi connectivity index (χ3n) is 6.78. The number of phenolic OH excluding ortho intramolecular Hbond substituents is 1. The van der Waals surface area contributed by atoms with E-state index in [1.165, 1.54) is 0 Å². The number of amides is 2. The molecule has 1 aromatic heterocycles. The highest BCUT2D eigenvalue weighted by Gasteiger charge is 2.10. The van der Waals surface area contributed by atoms with Crippen LogP contribution in [0.15, 0.2) is 78.9 Å². The van der Waals surface area contributed by atoms with Crippen LogP contribution in [0, 0.1) is 0 Å². The van der Waals surface area contributed by atoms with Gasteiger partial charge in [0.25, 0.3) is 11.8 Å². The summed E-state index contributed by atoms with van der Waals surface area (Å²) in [6.07, 6.45) is 0. The highest BCUT2D eigenvalue weighted by Crippen LogP contribution is 2.21. The van der Waals surface area contributed by atoms with Crippen molar-refractivity contribution < 1.29 is 33.6 Å². The van der Waals surface area contributed by atoms with Crippen LogP contribution in [0.4, 0.5) is 29.2 Å². The maximum Gasteiger partial charge on any atom is 0.251 e. The molecule has 0 aliphatic rings. The molecule has 0 radical (unpaired) electrons. The lowest BCUT2D eigenvalue weighted by molar-refractivity contribution is 0.0511. The smallest absolute Gasteiger partial charge is 0.251 e. The van der Waals surface area contributed by atoms with Crippen molar-refractivity contribution in [3.8, 4) is 5.75 Å². The van der Waals surface area contributed by atoms with Crippen LogP contribution in [0.5, 0.6) is 5.75 Å². The van der Waals surface area contributed by atoms with Crippen molar-refractivity contribution in [2.45, 2.75) is 0 Å². The molecule has 4 aromatic rings. The zero-order chi connectivity index (χ0) is 35.9. The summed E-state index contributed by atoms with van der Waals surface area (Å²) in [5.41, 5.74) is 7.69. The van der Waals surface area contributed by atoms with E-state index in [2.05, 4.69) is 41.5 Å². The molecule has 4 rings (SSSR count). The molecule has 0 spiro atoms. The molecule has 16 nitrogen and oxygen atoms in total. The molecule has 8 N–H and O–H groups in total. The minimum absolute atomic E-state index is 0.0911. The summed E-state index contributed by atoms with van der Waals surface area (Å²) in [6.45, 7) is 4.84. The molecule has 16 heteroatoms. The predicted molar refractivity (Wildman–Crippen MR) is 193 cm³/mol. The Hall–Kier alpha value is -5.39. The zero-order valence-electron chi connectivity index (χ0n) is 28.3. The SMILES string of the molecule is NCCOCCOCCNC(=O)c1ccc(Nc2nc(NCCOCCOCCNC(=O)c3ccccc3)nc(Nc3cccc(O)c3)n2)cc1. The van der Waals surface area contributed by atoms with E-state index >= 15 is 0 Å². The summed E-state index contributed by atoms with van der Waals surface area (Å²) in [7, 11) is 0. The van der Waals surface area contributed by atoms with Crippen molar-refractivity contribution in [3.05, 3.63) is 90.0 Å². The minimum Gasteiger partial charge on any atom is -0.508 e. The topological polar surface area (TPSA) is 216 Å². The Balaban J connectivity index is 1.21. The zero-order valence-corrected chi connectivity index (χ0v) is 28.3. The van der Waals surface area contributed by atoms with Gasteiger partial charge in [0.2, 0.25) is 17.8 Å². The fourth-order valence-corrected chi connectivity index (χ4v) is 4.34. The van der Waals surface area contributed by atoms with Gasteiger partial charge < -0.3 is 56.4 Å². The van der Waals surface area contributed by atoms with Crippen LogP contribution in [0.2, 0.25) is 0 Å². The van der Waals surface area contributed by atoms with Crippen LogP contribution < -0.4 is 32.3 Å². The Morgan fingerprint density at radius 2 is 1.10 bits per heavy atom. The number of nitrogens with zero attached hydrogens (tertiary/aromatic N) is 3.